The summed E-state index contributed by atoms with van der Waals surface area (Å²) >= 11 is 0. The van der Waals surface area contributed by atoms with E-state index in [-0.39, 0.29) is 17.5 Å². The number of nitrogens with one attached hydrogen (secondary N) is 2. The maximum atomic E-state index is 12.3. The Morgan fingerprint density at radius 1 is 1.30 bits per heavy atom. The van der Waals surface area contributed by atoms with Gasteiger partial charge < -0.3 is 10.6 Å². The molecule has 2 aromatic rings. The van der Waals surface area contributed by atoms with E-state index in [4.69, 9.17) is 0 Å². The number of carbonyl (C=O) groups excluding carboxylic acids is 1. The maximum absolute atomic E-state index is 12.3. The average molecular weight is 315 g/mol. The number of hydrogen-bond acceptors (Lipinski definition) is 3. The average Bonchev–Trinajstić information content (AvgIpc) is 2.88. The third-order valence-electron chi connectivity index (χ3n) is 3.85. The molecule has 6 heteroatoms. The number of benzene rings is 1. The van der Waals surface area contributed by atoms with Gasteiger partial charge in [-0.05, 0) is 23.5 Å². The molecule has 1 atom stereocenters. The number of carbonyl (C=O) groups is 1. The predicted octanol–water partition coefficient (Wildman–Crippen LogP) is 2.71. The van der Waals surface area contributed by atoms with Gasteiger partial charge in [-0.15, -0.1) is 0 Å². The van der Waals surface area contributed by atoms with Gasteiger partial charge in [-0.3, -0.25) is 4.68 Å². The first-order valence-electron chi connectivity index (χ1n) is 7.72. The van der Waals surface area contributed by atoms with E-state index < -0.39 is 0 Å². The van der Waals surface area contributed by atoms with E-state index in [1.54, 1.807) is 11.7 Å². The second kappa shape index (κ2) is 6.81. The van der Waals surface area contributed by atoms with Crippen molar-refractivity contribution in [2.75, 3.05) is 0 Å². The minimum absolute atomic E-state index is 0.0804. The van der Waals surface area contributed by atoms with Crippen LogP contribution in [0.5, 0.6) is 0 Å². The molecule has 0 aliphatic heterocycles. The van der Waals surface area contributed by atoms with Gasteiger partial charge in [0.05, 0.1) is 12.6 Å². The Morgan fingerprint density at radius 2 is 2.00 bits per heavy atom. The molecule has 2 rings (SSSR count). The van der Waals surface area contributed by atoms with Crippen LogP contribution >= 0.6 is 0 Å². The van der Waals surface area contributed by atoms with E-state index >= 15 is 0 Å². The van der Waals surface area contributed by atoms with E-state index in [0.717, 1.165) is 5.56 Å². The molecule has 1 aromatic heterocycles. The molecule has 0 fully saturated rings. The summed E-state index contributed by atoms with van der Waals surface area (Å²) in [5, 5.41) is 9.92. The topological polar surface area (TPSA) is 71.8 Å². The first kappa shape index (κ1) is 17.0. The zero-order chi connectivity index (χ0) is 17.0. The highest BCUT2D eigenvalue weighted by Crippen LogP contribution is 2.34. The van der Waals surface area contributed by atoms with Crippen molar-refractivity contribution in [2.24, 2.45) is 12.5 Å². The Bertz CT molecular complexity index is 672. The number of aromatic nitrogens is 3. The fourth-order valence-corrected chi connectivity index (χ4v) is 2.49. The zero-order valence-electron chi connectivity index (χ0n) is 14.4. The molecular weight excluding hydrogens is 290 g/mol. The van der Waals surface area contributed by atoms with Crippen LogP contribution in [0.3, 0.4) is 0 Å². The van der Waals surface area contributed by atoms with E-state index in [2.05, 4.69) is 60.5 Å². The largest absolute Gasteiger partial charge is 0.331 e. The molecule has 0 saturated heterocycles. The number of urea groups is 1. The Kier molecular flexibility index (Phi) is 5.03. The van der Waals surface area contributed by atoms with Gasteiger partial charge >= 0.3 is 6.03 Å². The molecule has 0 aliphatic rings. The fourth-order valence-electron chi connectivity index (χ4n) is 2.49. The van der Waals surface area contributed by atoms with E-state index in [1.165, 1.54) is 11.9 Å². The van der Waals surface area contributed by atoms with Crippen molar-refractivity contribution in [3.8, 4) is 0 Å². The number of rotatable bonds is 4. The van der Waals surface area contributed by atoms with Crippen molar-refractivity contribution in [1.29, 1.82) is 0 Å². The number of amides is 2. The lowest BCUT2D eigenvalue weighted by Crippen LogP contribution is -2.42. The summed E-state index contributed by atoms with van der Waals surface area (Å²) in [5.74, 6) is 0.711. The van der Waals surface area contributed by atoms with Gasteiger partial charge in [0.1, 0.15) is 12.2 Å². The normalized spacial score (nSPS) is 12.7. The van der Waals surface area contributed by atoms with Crippen LogP contribution in [0.15, 0.2) is 30.6 Å². The molecule has 0 saturated carbocycles. The summed E-state index contributed by atoms with van der Waals surface area (Å²) in [6, 6.07) is 7.84. The molecule has 23 heavy (non-hydrogen) atoms. The molecule has 6 nitrogen and oxygen atoms in total. The molecule has 124 valence electrons. The van der Waals surface area contributed by atoms with Gasteiger partial charge in [-0.2, -0.15) is 5.10 Å². The van der Waals surface area contributed by atoms with E-state index in [0.29, 0.717) is 12.4 Å². The van der Waals surface area contributed by atoms with Gasteiger partial charge in [0.25, 0.3) is 0 Å². The van der Waals surface area contributed by atoms with Crippen LogP contribution in [-0.4, -0.2) is 20.8 Å². The lowest BCUT2D eigenvalue weighted by molar-refractivity contribution is 0.217. The SMILES string of the molecule is Cc1ccccc1C(NC(=O)NCc1ncnn1C)C(C)(C)C. The molecular formula is C17H25N5O. The van der Waals surface area contributed by atoms with Crippen molar-refractivity contribution in [1.82, 2.24) is 25.4 Å². The molecule has 0 aliphatic carbocycles. The Balaban J connectivity index is 2.08. The van der Waals surface area contributed by atoms with Crippen LogP contribution in [0.2, 0.25) is 0 Å². The van der Waals surface area contributed by atoms with Crippen molar-refractivity contribution in [3.63, 3.8) is 0 Å². The summed E-state index contributed by atoms with van der Waals surface area (Å²) in [7, 11) is 1.80. The standard InChI is InChI=1S/C17H25N5O/c1-12-8-6-7-9-13(12)15(17(2,3)4)21-16(23)18-10-14-19-11-20-22(14)5/h6-9,11,15H,10H2,1-5H3,(H2,18,21,23). The van der Waals surface area contributed by atoms with Crippen LogP contribution in [-0.2, 0) is 13.6 Å². The number of hydrogen-bond donors (Lipinski definition) is 2. The third kappa shape index (κ3) is 4.31. The number of nitrogens with zero attached hydrogens (tertiary/aromatic N) is 3. The second-order valence-corrected chi connectivity index (χ2v) is 6.78. The van der Waals surface area contributed by atoms with E-state index in [1.807, 2.05) is 12.1 Å². The molecule has 2 amide bonds. The van der Waals surface area contributed by atoms with Crippen molar-refractivity contribution >= 4 is 6.03 Å². The number of aryl methyl sites for hydroxylation is 2. The quantitative estimate of drug-likeness (QED) is 0.911. The van der Waals surface area contributed by atoms with Crippen molar-refractivity contribution < 1.29 is 4.79 Å². The van der Waals surface area contributed by atoms with Crippen LogP contribution in [0.4, 0.5) is 4.79 Å². The van der Waals surface area contributed by atoms with Crippen molar-refractivity contribution in [2.45, 2.75) is 40.3 Å². The molecule has 1 aromatic carbocycles. The van der Waals surface area contributed by atoms with Crippen molar-refractivity contribution in [3.05, 3.63) is 47.5 Å². The van der Waals surface area contributed by atoms with Crippen LogP contribution in [0, 0.1) is 12.3 Å². The Hall–Kier alpha value is -2.37. The first-order valence-corrected chi connectivity index (χ1v) is 7.72. The van der Waals surface area contributed by atoms with Crippen LogP contribution < -0.4 is 10.6 Å². The highest BCUT2D eigenvalue weighted by atomic mass is 16.2. The molecule has 2 N–H and O–H groups in total. The van der Waals surface area contributed by atoms with Crippen LogP contribution in [0.1, 0.15) is 43.8 Å². The predicted molar refractivity (Wildman–Crippen MR) is 89.7 cm³/mol. The monoisotopic (exact) mass is 315 g/mol. The van der Waals surface area contributed by atoms with Gasteiger partial charge in [0, 0.05) is 7.05 Å². The maximum Gasteiger partial charge on any atom is 0.315 e. The van der Waals surface area contributed by atoms with E-state index in [9.17, 15) is 4.79 Å². The van der Waals surface area contributed by atoms with Gasteiger partial charge in [-0.25, -0.2) is 9.78 Å². The summed E-state index contributed by atoms with van der Waals surface area (Å²) in [4.78, 5) is 16.4. The fraction of sp³-hybridized carbons (Fsp3) is 0.471. The molecule has 0 radical (unpaired) electrons. The van der Waals surface area contributed by atoms with Crippen LogP contribution in [0.25, 0.3) is 0 Å². The Morgan fingerprint density at radius 3 is 2.57 bits per heavy atom. The summed E-state index contributed by atoms with van der Waals surface area (Å²) < 4.78 is 1.64. The minimum atomic E-state index is -0.212. The van der Waals surface area contributed by atoms with Gasteiger partial charge in [0.15, 0.2) is 0 Å². The molecule has 1 heterocycles. The third-order valence-corrected chi connectivity index (χ3v) is 3.85. The first-order chi connectivity index (χ1) is 10.8. The van der Waals surface area contributed by atoms with Gasteiger partial charge in [0.2, 0.25) is 0 Å². The van der Waals surface area contributed by atoms with Gasteiger partial charge in [-0.1, -0.05) is 45.0 Å². The molecule has 1 unspecified atom stereocenters. The Labute approximate surface area is 137 Å². The summed E-state index contributed by atoms with van der Waals surface area (Å²) in [5.41, 5.74) is 2.20. The smallest absolute Gasteiger partial charge is 0.315 e. The lowest BCUT2D eigenvalue weighted by atomic mass is 9.81. The highest BCUT2D eigenvalue weighted by Gasteiger charge is 2.28. The highest BCUT2D eigenvalue weighted by molar-refractivity contribution is 5.74. The molecule has 0 bridgehead atoms. The molecule has 0 spiro atoms. The lowest BCUT2D eigenvalue weighted by Gasteiger charge is -2.33. The second-order valence-electron chi connectivity index (χ2n) is 6.78. The zero-order valence-corrected chi connectivity index (χ0v) is 14.4. The minimum Gasteiger partial charge on any atom is -0.331 e. The summed E-state index contributed by atoms with van der Waals surface area (Å²) in [6.07, 6.45) is 1.47. The summed E-state index contributed by atoms with van der Waals surface area (Å²) in [6.45, 7) is 8.76.